The predicted octanol–water partition coefficient (Wildman–Crippen LogP) is 2.84. The van der Waals surface area contributed by atoms with Crippen LogP contribution in [0.2, 0.25) is 0 Å². The highest BCUT2D eigenvalue weighted by molar-refractivity contribution is 5.89. The van der Waals surface area contributed by atoms with Gasteiger partial charge < -0.3 is 10.2 Å². The normalized spacial score (nSPS) is 14.5. The molecule has 0 amide bonds. The first kappa shape index (κ1) is 19.8. The van der Waals surface area contributed by atoms with E-state index in [0.29, 0.717) is 25.1 Å². The fraction of sp³-hybridized carbons (Fsp3) is 0.318. The molecule has 1 aliphatic rings. The number of carboxylic acids is 2. The average molecular weight is 406 g/mol. The minimum Gasteiger partial charge on any atom is -0.478 e. The number of aryl methyl sites for hydroxylation is 3. The Bertz CT molecular complexity index is 1090. The molecule has 4 rings (SSSR count). The molecule has 1 heterocycles. The van der Waals surface area contributed by atoms with Gasteiger partial charge in [-0.05, 0) is 76.2 Å². The fourth-order valence-corrected chi connectivity index (χ4v) is 4.70. The lowest BCUT2D eigenvalue weighted by Gasteiger charge is -2.35. The van der Waals surface area contributed by atoms with Gasteiger partial charge >= 0.3 is 11.9 Å². The van der Waals surface area contributed by atoms with Crippen LogP contribution in [0.4, 0.5) is 0 Å². The number of tetrazole rings is 1. The third-order valence-corrected chi connectivity index (χ3v) is 5.91. The first-order valence-corrected chi connectivity index (χ1v) is 9.84. The second-order valence-corrected chi connectivity index (χ2v) is 7.64. The number of hydrogen-bond donors (Lipinski definition) is 2. The van der Waals surface area contributed by atoms with Crippen molar-refractivity contribution in [1.29, 1.82) is 0 Å². The molecule has 0 unspecified atom stereocenters. The number of benzene rings is 2. The highest BCUT2D eigenvalue weighted by Crippen LogP contribution is 2.47. The molecule has 154 valence electrons. The van der Waals surface area contributed by atoms with Gasteiger partial charge in [0.2, 0.25) is 0 Å². The molecule has 8 nitrogen and oxygen atoms in total. The maximum absolute atomic E-state index is 11.6. The third-order valence-electron chi connectivity index (χ3n) is 5.91. The Morgan fingerprint density at radius 1 is 1.00 bits per heavy atom. The molecule has 30 heavy (non-hydrogen) atoms. The number of aromatic carboxylic acids is 2. The van der Waals surface area contributed by atoms with Gasteiger partial charge in [-0.25, -0.2) is 14.3 Å². The zero-order chi connectivity index (χ0) is 21.5. The van der Waals surface area contributed by atoms with Gasteiger partial charge in [0.05, 0.1) is 16.5 Å². The second-order valence-electron chi connectivity index (χ2n) is 7.64. The van der Waals surface area contributed by atoms with Crippen molar-refractivity contribution in [3.05, 3.63) is 75.6 Å². The van der Waals surface area contributed by atoms with E-state index in [0.717, 1.165) is 28.7 Å². The van der Waals surface area contributed by atoms with Crippen LogP contribution in [-0.4, -0.2) is 42.4 Å². The van der Waals surface area contributed by atoms with Crippen molar-refractivity contribution < 1.29 is 19.8 Å². The minimum absolute atomic E-state index is 0.229. The summed E-state index contributed by atoms with van der Waals surface area (Å²) in [5.41, 5.74) is 3.52. The van der Waals surface area contributed by atoms with Crippen molar-refractivity contribution in [2.75, 3.05) is 0 Å². The van der Waals surface area contributed by atoms with Gasteiger partial charge in [-0.15, -0.1) is 5.10 Å². The van der Waals surface area contributed by atoms with Gasteiger partial charge in [0, 0.05) is 7.05 Å². The van der Waals surface area contributed by atoms with Crippen LogP contribution in [0.25, 0.3) is 0 Å². The molecule has 2 aromatic carbocycles. The summed E-state index contributed by atoms with van der Waals surface area (Å²) in [6.07, 6.45) is 2.72. The molecule has 0 saturated carbocycles. The third kappa shape index (κ3) is 2.96. The second kappa shape index (κ2) is 7.37. The lowest BCUT2D eigenvalue weighted by atomic mass is 9.68. The highest BCUT2D eigenvalue weighted by atomic mass is 16.4. The Hall–Kier alpha value is -3.55. The van der Waals surface area contributed by atoms with Crippen molar-refractivity contribution in [2.24, 2.45) is 7.05 Å². The van der Waals surface area contributed by atoms with Crippen LogP contribution in [0, 0.1) is 0 Å². The number of rotatable bonds is 5. The van der Waals surface area contributed by atoms with Crippen LogP contribution in [0.5, 0.6) is 0 Å². The van der Waals surface area contributed by atoms with Crippen LogP contribution < -0.4 is 0 Å². The van der Waals surface area contributed by atoms with Crippen LogP contribution in [-0.2, 0) is 25.3 Å². The number of fused-ring (bicyclic) bond motifs is 2. The summed E-state index contributed by atoms with van der Waals surface area (Å²) in [6, 6.07) is 10.4. The number of hydrogen-bond acceptors (Lipinski definition) is 5. The summed E-state index contributed by atoms with van der Waals surface area (Å²) in [6.45, 7) is 2.08. The monoisotopic (exact) mass is 406 g/mol. The van der Waals surface area contributed by atoms with Gasteiger partial charge in [0.25, 0.3) is 0 Å². The Kier molecular flexibility index (Phi) is 4.85. The number of carboxylic acid groups (broad SMARTS) is 2. The smallest absolute Gasteiger partial charge is 0.335 e. The quantitative estimate of drug-likeness (QED) is 0.669. The van der Waals surface area contributed by atoms with E-state index in [4.69, 9.17) is 0 Å². The van der Waals surface area contributed by atoms with Crippen LogP contribution >= 0.6 is 0 Å². The predicted molar refractivity (Wildman–Crippen MR) is 108 cm³/mol. The molecule has 0 bridgehead atoms. The van der Waals surface area contributed by atoms with Gasteiger partial charge in [-0.3, -0.25) is 0 Å². The number of nitrogens with zero attached hydrogens (tertiary/aromatic N) is 4. The minimum atomic E-state index is -0.978. The van der Waals surface area contributed by atoms with E-state index in [-0.39, 0.29) is 11.1 Å². The van der Waals surface area contributed by atoms with E-state index in [2.05, 4.69) is 22.4 Å². The standard InChI is InChI=1S/C22H22N4O4/c1-3-10-22(21-23-24-25-26(21)2)17-8-6-15(19(27)28)11-13(17)4-5-14-12-16(20(29)30)7-9-18(14)22/h6-9,11-12H,3-5,10H2,1-2H3,(H,27,28)(H,29,30). The summed E-state index contributed by atoms with van der Waals surface area (Å²) >= 11 is 0. The van der Waals surface area contributed by atoms with E-state index >= 15 is 0 Å². The van der Waals surface area contributed by atoms with Crippen molar-refractivity contribution in [3.63, 3.8) is 0 Å². The molecule has 0 saturated heterocycles. The van der Waals surface area contributed by atoms with E-state index < -0.39 is 17.4 Å². The summed E-state index contributed by atoms with van der Waals surface area (Å²) < 4.78 is 1.64. The van der Waals surface area contributed by atoms with Gasteiger partial charge in [0.15, 0.2) is 5.82 Å². The molecule has 0 spiro atoms. The molecule has 0 aliphatic heterocycles. The molecule has 0 radical (unpaired) electrons. The molecule has 8 heteroatoms. The van der Waals surface area contributed by atoms with Crippen LogP contribution in [0.1, 0.15) is 68.6 Å². The molecule has 1 aromatic heterocycles. The molecular weight excluding hydrogens is 384 g/mol. The van der Waals surface area contributed by atoms with E-state index in [1.54, 1.807) is 36.0 Å². The summed E-state index contributed by atoms with van der Waals surface area (Å²) in [5, 5.41) is 31.3. The van der Waals surface area contributed by atoms with E-state index in [1.807, 2.05) is 12.1 Å². The van der Waals surface area contributed by atoms with Crippen molar-refractivity contribution in [1.82, 2.24) is 20.2 Å². The van der Waals surface area contributed by atoms with Crippen molar-refractivity contribution in [2.45, 2.75) is 38.0 Å². The lowest BCUT2D eigenvalue weighted by molar-refractivity contribution is 0.0686. The summed E-state index contributed by atoms with van der Waals surface area (Å²) in [4.78, 5) is 23.2. The molecule has 0 fully saturated rings. The largest absolute Gasteiger partial charge is 0.478 e. The molecule has 0 atom stereocenters. The number of aromatic nitrogens is 4. The molecule has 2 N–H and O–H groups in total. The number of carbonyl (C=O) groups is 2. The lowest BCUT2D eigenvalue weighted by Crippen LogP contribution is -2.34. The average Bonchev–Trinajstić information content (AvgIpc) is 3.11. The van der Waals surface area contributed by atoms with Crippen molar-refractivity contribution in [3.8, 4) is 0 Å². The Morgan fingerprint density at radius 2 is 1.53 bits per heavy atom. The first-order valence-electron chi connectivity index (χ1n) is 9.84. The SMILES string of the molecule is CCCC1(c2nnnn2C)c2ccc(C(=O)O)cc2CCc2cc(C(=O)O)ccc21. The van der Waals surface area contributed by atoms with Crippen LogP contribution in [0.3, 0.4) is 0 Å². The Morgan fingerprint density at radius 3 is 1.93 bits per heavy atom. The topological polar surface area (TPSA) is 118 Å². The zero-order valence-corrected chi connectivity index (χ0v) is 16.8. The van der Waals surface area contributed by atoms with Gasteiger partial charge in [0.1, 0.15) is 0 Å². The summed E-state index contributed by atoms with van der Waals surface area (Å²) in [5.74, 6) is -1.30. The first-order chi connectivity index (χ1) is 14.4. The molecular formula is C22H22N4O4. The Balaban J connectivity index is 2.08. The van der Waals surface area contributed by atoms with Gasteiger partial charge in [-0.2, -0.15) is 0 Å². The van der Waals surface area contributed by atoms with Crippen LogP contribution in [0.15, 0.2) is 36.4 Å². The fourth-order valence-electron chi connectivity index (χ4n) is 4.70. The zero-order valence-electron chi connectivity index (χ0n) is 16.8. The van der Waals surface area contributed by atoms with Gasteiger partial charge in [-0.1, -0.05) is 25.5 Å². The van der Waals surface area contributed by atoms with Crippen molar-refractivity contribution >= 4 is 11.9 Å². The highest BCUT2D eigenvalue weighted by Gasteiger charge is 2.44. The van der Waals surface area contributed by atoms with E-state index in [1.165, 1.54) is 0 Å². The maximum Gasteiger partial charge on any atom is 0.335 e. The summed E-state index contributed by atoms with van der Waals surface area (Å²) in [7, 11) is 1.79. The Labute approximate surface area is 173 Å². The molecule has 1 aliphatic carbocycles. The molecule has 3 aromatic rings. The maximum atomic E-state index is 11.6. The van der Waals surface area contributed by atoms with E-state index in [9.17, 15) is 19.8 Å².